The van der Waals surface area contributed by atoms with Crippen LogP contribution in [0.3, 0.4) is 0 Å². The van der Waals surface area contributed by atoms with Crippen molar-refractivity contribution < 1.29 is 4.79 Å². The summed E-state index contributed by atoms with van der Waals surface area (Å²) < 4.78 is 0. The van der Waals surface area contributed by atoms with Gasteiger partial charge in [-0.3, -0.25) is 4.79 Å². The van der Waals surface area contributed by atoms with Crippen molar-refractivity contribution >= 4 is 5.91 Å². The van der Waals surface area contributed by atoms with Gasteiger partial charge in [0.1, 0.15) is 0 Å². The highest BCUT2D eigenvalue weighted by atomic mass is 16.1. The van der Waals surface area contributed by atoms with E-state index < -0.39 is 5.54 Å². The Hall–Kier alpha value is -0.650. The minimum Gasteiger partial charge on any atom is -0.368 e. The van der Waals surface area contributed by atoms with Crippen LogP contribution in [0.4, 0.5) is 0 Å². The third-order valence-corrected chi connectivity index (χ3v) is 3.84. The Balaban J connectivity index is 2.41. The second-order valence-electron chi connectivity index (χ2n) is 5.19. The van der Waals surface area contributed by atoms with E-state index in [2.05, 4.69) is 22.2 Å². The fourth-order valence-corrected chi connectivity index (χ4v) is 2.08. The van der Waals surface area contributed by atoms with E-state index in [1.807, 2.05) is 6.92 Å². The molecule has 100 valence electrons. The van der Waals surface area contributed by atoms with Gasteiger partial charge >= 0.3 is 0 Å². The number of nitrogens with one attached hydrogen (secondary N) is 1. The van der Waals surface area contributed by atoms with Gasteiger partial charge in [-0.15, -0.1) is 0 Å². The molecular weight excluding hydrogens is 216 g/mol. The van der Waals surface area contributed by atoms with Crippen LogP contribution in [-0.4, -0.2) is 68.1 Å². The molecule has 5 heteroatoms. The SMILES string of the molecule is CNC(C)(CCN1CCCN(C)CC1)C(N)=O. The Labute approximate surface area is 104 Å². The predicted molar refractivity (Wildman–Crippen MR) is 69.8 cm³/mol. The molecule has 0 aromatic carbocycles. The molecule has 0 aliphatic carbocycles. The molecule has 0 spiro atoms. The van der Waals surface area contributed by atoms with Gasteiger partial charge in [0.05, 0.1) is 5.54 Å². The van der Waals surface area contributed by atoms with E-state index in [0.717, 1.165) is 39.1 Å². The third-order valence-electron chi connectivity index (χ3n) is 3.84. The fourth-order valence-electron chi connectivity index (χ4n) is 2.08. The normalized spacial score (nSPS) is 23.0. The molecule has 1 rings (SSSR count). The molecule has 0 bridgehead atoms. The maximum absolute atomic E-state index is 11.4. The van der Waals surface area contributed by atoms with Crippen LogP contribution >= 0.6 is 0 Å². The molecule has 1 aliphatic heterocycles. The molecule has 1 unspecified atom stereocenters. The standard InChI is InChI=1S/C12H26N4O/c1-12(14-2,11(13)17)5-8-16-7-4-6-15(3)9-10-16/h14H,4-10H2,1-3H3,(H2,13,17). The number of nitrogens with two attached hydrogens (primary N) is 1. The van der Waals surface area contributed by atoms with E-state index in [0.29, 0.717) is 0 Å². The molecule has 17 heavy (non-hydrogen) atoms. The molecule has 1 heterocycles. The molecule has 0 radical (unpaired) electrons. The number of hydrogen-bond donors (Lipinski definition) is 2. The van der Waals surface area contributed by atoms with Gasteiger partial charge in [0, 0.05) is 19.6 Å². The number of rotatable bonds is 5. The molecular formula is C12H26N4O. The number of primary amides is 1. The number of nitrogens with zero attached hydrogens (tertiary/aromatic N) is 2. The second-order valence-corrected chi connectivity index (χ2v) is 5.19. The lowest BCUT2D eigenvalue weighted by Crippen LogP contribution is -2.53. The quantitative estimate of drug-likeness (QED) is 0.681. The number of hydrogen-bond acceptors (Lipinski definition) is 4. The van der Waals surface area contributed by atoms with Gasteiger partial charge in [-0.2, -0.15) is 0 Å². The van der Waals surface area contributed by atoms with E-state index in [1.54, 1.807) is 7.05 Å². The van der Waals surface area contributed by atoms with Crippen molar-refractivity contribution in [3.8, 4) is 0 Å². The van der Waals surface area contributed by atoms with Crippen LogP contribution in [0.25, 0.3) is 0 Å². The zero-order valence-electron chi connectivity index (χ0n) is 11.3. The summed E-state index contributed by atoms with van der Waals surface area (Å²) in [5, 5.41) is 3.03. The molecule has 0 aromatic rings. The minimum atomic E-state index is -0.585. The van der Waals surface area contributed by atoms with Gasteiger partial charge in [-0.1, -0.05) is 0 Å². The van der Waals surface area contributed by atoms with E-state index in [9.17, 15) is 4.79 Å². The van der Waals surface area contributed by atoms with Gasteiger partial charge in [0.25, 0.3) is 0 Å². The van der Waals surface area contributed by atoms with Crippen LogP contribution in [0, 0.1) is 0 Å². The monoisotopic (exact) mass is 242 g/mol. The van der Waals surface area contributed by atoms with Crippen molar-refractivity contribution in [3.63, 3.8) is 0 Å². The number of likely N-dealkylation sites (N-methyl/N-ethyl adjacent to an activating group) is 2. The molecule has 0 saturated carbocycles. The van der Waals surface area contributed by atoms with Gasteiger partial charge in [-0.05, 0) is 47.0 Å². The summed E-state index contributed by atoms with van der Waals surface area (Å²) in [4.78, 5) is 16.1. The molecule has 1 amide bonds. The Morgan fingerprint density at radius 3 is 2.65 bits per heavy atom. The van der Waals surface area contributed by atoms with Crippen molar-refractivity contribution in [3.05, 3.63) is 0 Å². The van der Waals surface area contributed by atoms with Crippen LogP contribution < -0.4 is 11.1 Å². The first kappa shape index (κ1) is 14.4. The predicted octanol–water partition coefficient (Wildman–Crippen LogP) is -0.523. The van der Waals surface area contributed by atoms with Crippen LogP contribution in [0.1, 0.15) is 19.8 Å². The molecule has 1 atom stereocenters. The first-order valence-electron chi connectivity index (χ1n) is 6.37. The summed E-state index contributed by atoms with van der Waals surface area (Å²) in [5.74, 6) is -0.271. The van der Waals surface area contributed by atoms with Gasteiger partial charge in [-0.25, -0.2) is 0 Å². The summed E-state index contributed by atoms with van der Waals surface area (Å²) in [7, 11) is 3.95. The smallest absolute Gasteiger partial charge is 0.237 e. The zero-order valence-corrected chi connectivity index (χ0v) is 11.3. The lowest BCUT2D eigenvalue weighted by Gasteiger charge is -2.29. The van der Waals surface area contributed by atoms with E-state index in [1.165, 1.54) is 6.42 Å². The largest absolute Gasteiger partial charge is 0.368 e. The molecule has 0 aromatic heterocycles. The Kier molecular flexibility index (Phi) is 5.36. The Morgan fingerprint density at radius 1 is 1.35 bits per heavy atom. The molecule has 5 nitrogen and oxygen atoms in total. The lowest BCUT2D eigenvalue weighted by molar-refractivity contribution is -0.124. The van der Waals surface area contributed by atoms with E-state index in [-0.39, 0.29) is 5.91 Å². The fraction of sp³-hybridized carbons (Fsp3) is 0.917. The first-order chi connectivity index (χ1) is 7.98. The zero-order chi connectivity index (χ0) is 12.9. The highest BCUT2D eigenvalue weighted by Gasteiger charge is 2.29. The van der Waals surface area contributed by atoms with Crippen LogP contribution in [0.5, 0.6) is 0 Å². The van der Waals surface area contributed by atoms with Gasteiger partial charge < -0.3 is 20.9 Å². The van der Waals surface area contributed by atoms with Crippen molar-refractivity contribution in [1.29, 1.82) is 0 Å². The summed E-state index contributed by atoms with van der Waals surface area (Å²) in [6.07, 6.45) is 1.96. The molecule has 1 aliphatic rings. The van der Waals surface area contributed by atoms with Crippen LogP contribution in [0.15, 0.2) is 0 Å². The summed E-state index contributed by atoms with van der Waals surface area (Å²) in [6, 6.07) is 0. The maximum Gasteiger partial charge on any atom is 0.237 e. The first-order valence-corrected chi connectivity index (χ1v) is 6.37. The minimum absolute atomic E-state index is 0.271. The van der Waals surface area contributed by atoms with Crippen LogP contribution in [-0.2, 0) is 4.79 Å². The number of amides is 1. The average molecular weight is 242 g/mol. The molecule has 3 N–H and O–H groups in total. The highest BCUT2D eigenvalue weighted by Crippen LogP contribution is 2.11. The average Bonchev–Trinajstić information content (AvgIpc) is 2.50. The number of carbonyl (C=O) groups excluding carboxylic acids is 1. The maximum atomic E-state index is 11.4. The molecule has 1 saturated heterocycles. The van der Waals surface area contributed by atoms with Crippen molar-refractivity contribution in [2.45, 2.75) is 25.3 Å². The lowest BCUT2D eigenvalue weighted by atomic mass is 9.97. The second kappa shape index (κ2) is 6.33. The van der Waals surface area contributed by atoms with Gasteiger partial charge in [0.15, 0.2) is 0 Å². The number of carbonyl (C=O) groups is 1. The van der Waals surface area contributed by atoms with Gasteiger partial charge in [0.2, 0.25) is 5.91 Å². The van der Waals surface area contributed by atoms with Crippen molar-refractivity contribution in [2.24, 2.45) is 5.73 Å². The van der Waals surface area contributed by atoms with Crippen LogP contribution in [0.2, 0.25) is 0 Å². The van der Waals surface area contributed by atoms with Crippen molar-refractivity contribution in [1.82, 2.24) is 15.1 Å². The Morgan fingerprint density at radius 2 is 2.06 bits per heavy atom. The van der Waals surface area contributed by atoms with E-state index in [4.69, 9.17) is 5.73 Å². The summed E-state index contributed by atoms with van der Waals surface area (Å²) in [6.45, 7) is 7.26. The highest BCUT2D eigenvalue weighted by molar-refractivity contribution is 5.84. The molecule has 1 fully saturated rings. The topological polar surface area (TPSA) is 61.6 Å². The summed E-state index contributed by atoms with van der Waals surface area (Å²) >= 11 is 0. The Bertz CT molecular complexity index is 259. The third kappa shape index (κ3) is 4.26. The van der Waals surface area contributed by atoms with E-state index >= 15 is 0 Å². The summed E-state index contributed by atoms with van der Waals surface area (Å²) in [5.41, 5.74) is 4.84. The van der Waals surface area contributed by atoms with Crippen molar-refractivity contribution in [2.75, 3.05) is 46.8 Å².